The van der Waals surface area contributed by atoms with Crippen LogP contribution in [0, 0.1) is 11.8 Å². The molecule has 25 heavy (non-hydrogen) atoms. The van der Waals surface area contributed by atoms with Crippen LogP contribution in [0.4, 0.5) is 0 Å². The number of piperidine rings is 1. The lowest BCUT2D eigenvalue weighted by molar-refractivity contribution is -0.139. The number of hydrogen-bond acceptors (Lipinski definition) is 4. The molecule has 1 aliphatic heterocycles. The third kappa shape index (κ3) is 4.79. The molecule has 0 aliphatic carbocycles. The molecule has 2 rings (SSSR count). The minimum absolute atomic E-state index is 0.0958. The number of rotatable bonds is 6. The largest absolute Gasteiger partial charge is 0.340 e. The van der Waals surface area contributed by atoms with Crippen molar-refractivity contribution in [2.24, 2.45) is 11.8 Å². The van der Waals surface area contributed by atoms with Gasteiger partial charge in [0.1, 0.15) is 4.90 Å². The quantitative estimate of drug-likeness (QED) is 0.774. The van der Waals surface area contributed by atoms with Crippen molar-refractivity contribution in [3.05, 3.63) is 24.5 Å². The zero-order chi connectivity index (χ0) is 18.6. The van der Waals surface area contributed by atoms with Crippen molar-refractivity contribution in [1.82, 2.24) is 14.2 Å². The maximum Gasteiger partial charge on any atom is 0.244 e. The van der Waals surface area contributed by atoms with Gasteiger partial charge in [0, 0.05) is 44.0 Å². The fourth-order valence-electron chi connectivity index (χ4n) is 3.18. The van der Waals surface area contributed by atoms with E-state index >= 15 is 0 Å². The summed E-state index contributed by atoms with van der Waals surface area (Å²) in [6.07, 6.45) is 4.06. The first-order valence-electron chi connectivity index (χ1n) is 8.94. The molecule has 0 radical (unpaired) electrons. The topological polar surface area (TPSA) is 70.6 Å². The van der Waals surface area contributed by atoms with Gasteiger partial charge in [-0.05, 0) is 44.7 Å². The Morgan fingerprint density at radius 1 is 1.28 bits per heavy atom. The van der Waals surface area contributed by atoms with Crippen LogP contribution < -0.4 is 0 Å². The molecule has 1 fully saturated rings. The summed E-state index contributed by atoms with van der Waals surface area (Å²) in [5.41, 5.74) is 0. The summed E-state index contributed by atoms with van der Waals surface area (Å²) in [5, 5.41) is 0. The van der Waals surface area contributed by atoms with Crippen LogP contribution in [0.1, 0.15) is 40.5 Å². The number of nitrogens with zero attached hydrogens (tertiary/aromatic N) is 3. The van der Waals surface area contributed by atoms with Gasteiger partial charge in [0.25, 0.3) is 0 Å². The SMILES string of the molecule is CC(C)CN(C(=O)C1CCN(S(=O)(=O)c2cccnc2)CC1)C(C)C. The molecule has 0 spiro atoms. The summed E-state index contributed by atoms with van der Waals surface area (Å²) < 4.78 is 26.8. The van der Waals surface area contributed by atoms with Crippen molar-refractivity contribution in [3.8, 4) is 0 Å². The lowest BCUT2D eigenvalue weighted by atomic mass is 9.95. The molecule has 0 atom stereocenters. The first-order chi connectivity index (χ1) is 11.7. The predicted octanol–water partition coefficient (Wildman–Crippen LogP) is 2.38. The Balaban J connectivity index is 2.02. The Morgan fingerprint density at radius 3 is 2.40 bits per heavy atom. The smallest absolute Gasteiger partial charge is 0.244 e. The van der Waals surface area contributed by atoms with Crippen molar-refractivity contribution in [1.29, 1.82) is 0 Å². The van der Waals surface area contributed by atoms with E-state index in [1.54, 1.807) is 18.3 Å². The van der Waals surface area contributed by atoms with Crippen LogP contribution in [-0.2, 0) is 14.8 Å². The van der Waals surface area contributed by atoms with Crippen molar-refractivity contribution in [3.63, 3.8) is 0 Å². The van der Waals surface area contributed by atoms with Crippen LogP contribution in [0.2, 0.25) is 0 Å². The fourth-order valence-corrected chi connectivity index (χ4v) is 4.61. The lowest BCUT2D eigenvalue weighted by Gasteiger charge is -2.36. The molecule has 0 unspecified atom stereocenters. The van der Waals surface area contributed by atoms with Gasteiger partial charge in [-0.2, -0.15) is 4.31 Å². The van der Waals surface area contributed by atoms with Gasteiger partial charge in [0.15, 0.2) is 0 Å². The summed E-state index contributed by atoms with van der Waals surface area (Å²) in [5.74, 6) is 0.473. The van der Waals surface area contributed by atoms with E-state index in [4.69, 9.17) is 0 Å². The van der Waals surface area contributed by atoms with Gasteiger partial charge >= 0.3 is 0 Å². The molecule has 6 nitrogen and oxygen atoms in total. The van der Waals surface area contributed by atoms with E-state index in [0.29, 0.717) is 31.8 Å². The number of carbonyl (C=O) groups excluding carboxylic acids is 1. The highest BCUT2D eigenvalue weighted by atomic mass is 32.2. The molecule has 0 bridgehead atoms. The molecule has 1 aliphatic rings. The van der Waals surface area contributed by atoms with E-state index in [0.717, 1.165) is 6.54 Å². The van der Waals surface area contributed by atoms with E-state index in [9.17, 15) is 13.2 Å². The number of carbonyl (C=O) groups is 1. The molecule has 140 valence electrons. The van der Waals surface area contributed by atoms with Crippen LogP contribution in [0.5, 0.6) is 0 Å². The molecule has 0 saturated carbocycles. The van der Waals surface area contributed by atoms with Crippen molar-refractivity contribution < 1.29 is 13.2 Å². The summed E-state index contributed by atoms with van der Waals surface area (Å²) >= 11 is 0. The second-order valence-corrected chi connectivity index (χ2v) is 9.28. The molecule has 1 aromatic rings. The highest BCUT2D eigenvalue weighted by Gasteiger charge is 2.34. The Labute approximate surface area is 151 Å². The van der Waals surface area contributed by atoms with Crippen LogP contribution >= 0.6 is 0 Å². The first-order valence-corrected chi connectivity index (χ1v) is 10.4. The molecule has 1 amide bonds. The highest BCUT2D eigenvalue weighted by molar-refractivity contribution is 7.89. The highest BCUT2D eigenvalue weighted by Crippen LogP contribution is 2.25. The molecule has 7 heteroatoms. The summed E-state index contributed by atoms with van der Waals surface area (Å²) in [6.45, 7) is 9.76. The lowest BCUT2D eigenvalue weighted by Crippen LogP contribution is -2.47. The average molecular weight is 368 g/mol. The van der Waals surface area contributed by atoms with Gasteiger partial charge in [0.2, 0.25) is 15.9 Å². The molecular weight excluding hydrogens is 338 g/mol. The molecular formula is C18H29N3O3S. The predicted molar refractivity (Wildman–Crippen MR) is 97.4 cm³/mol. The van der Waals surface area contributed by atoms with Crippen LogP contribution in [-0.4, -0.2) is 54.2 Å². The van der Waals surface area contributed by atoms with Gasteiger partial charge in [-0.3, -0.25) is 9.78 Å². The van der Waals surface area contributed by atoms with Crippen molar-refractivity contribution in [2.45, 2.75) is 51.5 Å². The van der Waals surface area contributed by atoms with Crippen molar-refractivity contribution in [2.75, 3.05) is 19.6 Å². The normalized spacial score (nSPS) is 17.2. The Hall–Kier alpha value is -1.47. The van der Waals surface area contributed by atoms with Gasteiger partial charge in [-0.15, -0.1) is 0 Å². The third-order valence-corrected chi connectivity index (χ3v) is 6.43. The number of hydrogen-bond donors (Lipinski definition) is 0. The van der Waals surface area contributed by atoms with Gasteiger partial charge in [-0.1, -0.05) is 13.8 Å². The molecule has 0 N–H and O–H groups in total. The van der Waals surface area contributed by atoms with Gasteiger partial charge < -0.3 is 4.90 Å². The number of amides is 1. The zero-order valence-electron chi connectivity index (χ0n) is 15.6. The van der Waals surface area contributed by atoms with Crippen LogP contribution in [0.3, 0.4) is 0 Å². The van der Waals surface area contributed by atoms with Crippen LogP contribution in [0.25, 0.3) is 0 Å². The fraction of sp³-hybridized carbons (Fsp3) is 0.667. The zero-order valence-corrected chi connectivity index (χ0v) is 16.4. The summed E-state index contributed by atoms with van der Waals surface area (Å²) in [6, 6.07) is 3.34. The van der Waals surface area contributed by atoms with Gasteiger partial charge in [0.05, 0.1) is 0 Å². The average Bonchev–Trinajstić information content (AvgIpc) is 2.59. The molecule has 2 heterocycles. The maximum atomic E-state index is 12.8. The summed E-state index contributed by atoms with van der Waals surface area (Å²) in [4.78, 5) is 18.9. The Morgan fingerprint density at radius 2 is 1.92 bits per heavy atom. The number of sulfonamides is 1. The Bertz CT molecular complexity index is 666. The van der Waals surface area contributed by atoms with Crippen molar-refractivity contribution >= 4 is 15.9 Å². The van der Waals surface area contributed by atoms with E-state index in [1.165, 1.54) is 10.5 Å². The van der Waals surface area contributed by atoms with Crippen LogP contribution in [0.15, 0.2) is 29.4 Å². The van der Waals surface area contributed by atoms with E-state index in [-0.39, 0.29) is 22.8 Å². The Kier molecular flexibility index (Phi) is 6.57. The third-order valence-electron chi connectivity index (χ3n) is 4.54. The minimum atomic E-state index is -3.52. The number of pyridine rings is 1. The van der Waals surface area contributed by atoms with Gasteiger partial charge in [-0.25, -0.2) is 8.42 Å². The monoisotopic (exact) mass is 367 g/mol. The van der Waals surface area contributed by atoms with E-state index < -0.39 is 10.0 Å². The standard InChI is InChI=1S/C18H29N3O3S/c1-14(2)13-21(15(3)4)18(22)16-7-10-20(11-8-16)25(23,24)17-6-5-9-19-12-17/h5-6,9,12,14-16H,7-8,10-11,13H2,1-4H3. The molecule has 1 saturated heterocycles. The second kappa shape index (κ2) is 8.27. The van der Waals surface area contributed by atoms with E-state index in [2.05, 4.69) is 18.8 Å². The summed E-state index contributed by atoms with van der Waals surface area (Å²) in [7, 11) is -3.52. The molecule has 1 aromatic heterocycles. The van der Waals surface area contributed by atoms with E-state index in [1.807, 2.05) is 18.7 Å². The number of aromatic nitrogens is 1. The molecule has 0 aromatic carbocycles. The minimum Gasteiger partial charge on any atom is -0.340 e. The second-order valence-electron chi connectivity index (χ2n) is 7.35. The first kappa shape index (κ1) is 19.8. The maximum absolute atomic E-state index is 12.8.